The Morgan fingerprint density at radius 1 is 1.41 bits per heavy atom. The monoisotopic (exact) mass is 240 g/mol. The lowest BCUT2D eigenvalue weighted by Crippen LogP contribution is -2.25. The van der Waals surface area contributed by atoms with Crippen LogP contribution in [0.15, 0.2) is 0 Å². The fourth-order valence-corrected chi connectivity index (χ4v) is 1.54. The van der Waals surface area contributed by atoms with Gasteiger partial charge in [-0.15, -0.1) is 0 Å². The number of hydrogen-bond donors (Lipinski definition) is 1. The van der Waals surface area contributed by atoms with Crippen LogP contribution in [-0.4, -0.2) is 37.0 Å². The zero-order chi connectivity index (χ0) is 13.4. The summed E-state index contributed by atoms with van der Waals surface area (Å²) in [5.41, 5.74) is 6.00. The Morgan fingerprint density at radius 2 is 1.94 bits per heavy atom. The molecule has 0 atom stereocenters. The second-order valence-corrected chi connectivity index (χ2v) is 5.05. The lowest BCUT2D eigenvalue weighted by atomic mass is 10.1. The van der Waals surface area contributed by atoms with Crippen molar-refractivity contribution in [2.45, 2.75) is 26.3 Å². The molecule has 96 valence electrons. The van der Waals surface area contributed by atoms with Crippen molar-refractivity contribution in [1.82, 2.24) is 9.78 Å². The van der Waals surface area contributed by atoms with Gasteiger partial charge in [-0.2, -0.15) is 5.10 Å². The molecule has 0 aromatic carbocycles. The number of carbonyl (C=O) groups excluding carboxylic acids is 1. The van der Waals surface area contributed by atoms with Crippen LogP contribution in [-0.2, 0) is 10.3 Å². The Labute approximate surface area is 101 Å². The first-order chi connectivity index (χ1) is 7.70. The van der Waals surface area contributed by atoms with Crippen molar-refractivity contribution < 1.29 is 9.53 Å². The van der Waals surface area contributed by atoms with E-state index in [1.807, 2.05) is 20.8 Å². The van der Waals surface area contributed by atoms with Crippen molar-refractivity contribution in [1.29, 1.82) is 0 Å². The minimum absolute atomic E-state index is 0.291. The maximum absolute atomic E-state index is 11.7. The number of hydrogen-bond acceptors (Lipinski definition) is 5. The number of nitrogen functional groups attached to an aromatic ring is 1. The van der Waals surface area contributed by atoms with E-state index in [2.05, 4.69) is 5.10 Å². The standard InChI is InChI=1S/C11H20N4O2/c1-11(2,3)15-8(12)7(10(16)17-6)9(13-15)14(4)5/h12H2,1-6H3. The molecule has 17 heavy (non-hydrogen) atoms. The molecule has 0 spiro atoms. The van der Waals surface area contributed by atoms with Gasteiger partial charge in [0.1, 0.15) is 11.4 Å². The maximum Gasteiger partial charge on any atom is 0.345 e. The molecule has 6 nitrogen and oxygen atoms in total. The molecule has 0 bridgehead atoms. The number of nitrogens with zero attached hydrogens (tertiary/aromatic N) is 3. The van der Waals surface area contributed by atoms with Crippen LogP contribution in [0.5, 0.6) is 0 Å². The fourth-order valence-electron chi connectivity index (χ4n) is 1.54. The van der Waals surface area contributed by atoms with Gasteiger partial charge >= 0.3 is 5.97 Å². The molecule has 0 saturated heterocycles. The van der Waals surface area contributed by atoms with Gasteiger partial charge in [-0.1, -0.05) is 0 Å². The topological polar surface area (TPSA) is 73.4 Å². The molecule has 1 rings (SSSR count). The molecule has 0 aliphatic heterocycles. The highest BCUT2D eigenvalue weighted by Gasteiger charge is 2.28. The second-order valence-electron chi connectivity index (χ2n) is 5.05. The van der Waals surface area contributed by atoms with Crippen LogP contribution in [0.2, 0.25) is 0 Å². The van der Waals surface area contributed by atoms with Crippen LogP contribution in [0.1, 0.15) is 31.1 Å². The minimum atomic E-state index is -0.471. The number of rotatable bonds is 2. The lowest BCUT2D eigenvalue weighted by Gasteiger charge is -2.20. The van der Waals surface area contributed by atoms with E-state index in [-0.39, 0.29) is 5.54 Å². The first-order valence-electron chi connectivity index (χ1n) is 5.34. The van der Waals surface area contributed by atoms with E-state index in [9.17, 15) is 4.79 Å². The Bertz CT molecular complexity index is 429. The third-order valence-electron chi connectivity index (χ3n) is 2.35. The predicted octanol–water partition coefficient (Wildman–Crippen LogP) is 1.07. The molecule has 1 aromatic rings. The number of esters is 1. The molecule has 1 aromatic heterocycles. The SMILES string of the molecule is COC(=O)c1c(N(C)C)nn(C(C)(C)C)c1N. The average Bonchev–Trinajstić information content (AvgIpc) is 2.54. The van der Waals surface area contributed by atoms with Crippen molar-refractivity contribution in [3.63, 3.8) is 0 Å². The predicted molar refractivity (Wildman–Crippen MR) is 67.3 cm³/mol. The van der Waals surface area contributed by atoms with Crippen LogP contribution in [0, 0.1) is 0 Å². The van der Waals surface area contributed by atoms with E-state index in [0.717, 1.165) is 0 Å². The van der Waals surface area contributed by atoms with Gasteiger partial charge in [-0.25, -0.2) is 9.48 Å². The zero-order valence-electron chi connectivity index (χ0n) is 11.2. The van der Waals surface area contributed by atoms with Crippen LogP contribution < -0.4 is 10.6 Å². The highest BCUT2D eigenvalue weighted by molar-refractivity contribution is 5.99. The molecular weight excluding hydrogens is 220 g/mol. The summed E-state index contributed by atoms with van der Waals surface area (Å²) in [6.07, 6.45) is 0. The molecule has 0 fully saturated rings. The Kier molecular flexibility index (Phi) is 3.35. The summed E-state index contributed by atoms with van der Waals surface area (Å²) in [6, 6.07) is 0. The molecule has 1 heterocycles. The third-order valence-corrected chi connectivity index (χ3v) is 2.35. The third kappa shape index (κ3) is 2.35. The van der Waals surface area contributed by atoms with Crippen LogP contribution in [0.25, 0.3) is 0 Å². The quantitative estimate of drug-likeness (QED) is 0.783. The Morgan fingerprint density at radius 3 is 2.29 bits per heavy atom. The highest BCUT2D eigenvalue weighted by atomic mass is 16.5. The van der Waals surface area contributed by atoms with Gasteiger partial charge in [-0.3, -0.25) is 0 Å². The van der Waals surface area contributed by atoms with Crippen molar-refractivity contribution >= 4 is 17.6 Å². The summed E-state index contributed by atoms with van der Waals surface area (Å²) >= 11 is 0. The maximum atomic E-state index is 11.7. The van der Waals surface area contributed by atoms with Gasteiger partial charge in [0.15, 0.2) is 5.82 Å². The van der Waals surface area contributed by atoms with Gasteiger partial charge in [-0.05, 0) is 20.8 Å². The number of nitrogens with two attached hydrogens (primary N) is 1. The van der Waals surface area contributed by atoms with Crippen LogP contribution >= 0.6 is 0 Å². The Balaban J connectivity index is 3.46. The lowest BCUT2D eigenvalue weighted by molar-refractivity contribution is 0.0602. The first kappa shape index (κ1) is 13.3. The molecule has 0 radical (unpaired) electrons. The fraction of sp³-hybridized carbons (Fsp3) is 0.636. The van der Waals surface area contributed by atoms with E-state index in [4.69, 9.17) is 10.5 Å². The average molecular weight is 240 g/mol. The Hall–Kier alpha value is -1.72. The van der Waals surface area contributed by atoms with Crippen molar-refractivity contribution in [3.8, 4) is 0 Å². The van der Waals surface area contributed by atoms with Gasteiger partial charge in [0.05, 0.1) is 12.6 Å². The molecule has 2 N–H and O–H groups in total. The number of anilines is 2. The van der Waals surface area contributed by atoms with Crippen molar-refractivity contribution in [3.05, 3.63) is 5.56 Å². The van der Waals surface area contributed by atoms with E-state index in [1.54, 1.807) is 23.7 Å². The van der Waals surface area contributed by atoms with E-state index < -0.39 is 5.97 Å². The van der Waals surface area contributed by atoms with Crippen LogP contribution in [0.4, 0.5) is 11.6 Å². The highest BCUT2D eigenvalue weighted by Crippen LogP contribution is 2.29. The summed E-state index contributed by atoms with van der Waals surface area (Å²) in [4.78, 5) is 13.5. The molecule has 0 saturated carbocycles. The van der Waals surface area contributed by atoms with E-state index >= 15 is 0 Å². The van der Waals surface area contributed by atoms with Crippen LogP contribution in [0.3, 0.4) is 0 Å². The van der Waals surface area contributed by atoms with Gasteiger partial charge < -0.3 is 15.4 Å². The second kappa shape index (κ2) is 4.27. The summed E-state index contributed by atoms with van der Waals surface area (Å²) in [5.74, 6) is 0.374. The van der Waals surface area contributed by atoms with E-state index in [1.165, 1.54) is 7.11 Å². The molecule has 0 aliphatic rings. The van der Waals surface area contributed by atoms with Crippen molar-refractivity contribution in [2.75, 3.05) is 31.8 Å². The number of ether oxygens (including phenoxy) is 1. The first-order valence-corrected chi connectivity index (χ1v) is 5.34. The summed E-state index contributed by atoms with van der Waals surface area (Å²) < 4.78 is 6.37. The molecule has 6 heteroatoms. The van der Waals surface area contributed by atoms with E-state index in [0.29, 0.717) is 17.2 Å². The molecule has 0 unspecified atom stereocenters. The summed E-state index contributed by atoms with van der Waals surface area (Å²) in [6.45, 7) is 5.91. The molecule has 0 amide bonds. The number of carbonyl (C=O) groups is 1. The largest absolute Gasteiger partial charge is 0.465 e. The number of aromatic nitrogens is 2. The number of methoxy groups -OCH3 is 1. The van der Waals surface area contributed by atoms with Gasteiger partial charge in [0.25, 0.3) is 0 Å². The van der Waals surface area contributed by atoms with Gasteiger partial charge in [0, 0.05) is 14.1 Å². The summed E-state index contributed by atoms with van der Waals surface area (Å²) in [5, 5.41) is 4.37. The zero-order valence-corrected chi connectivity index (χ0v) is 11.2. The smallest absolute Gasteiger partial charge is 0.345 e. The minimum Gasteiger partial charge on any atom is -0.465 e. The van der Waals surface area contributed by atoms with Crippen molar-refractivity contribution in [2.24, 2.45) is 0 Å². The normalized spacial score (nSPS) is 11.4. The summed E-state index contributed by atoms with van der Waals surface area (Å²) in [7, 11) is 4.94. The van der Waals surface area contributed by atoms with Gasteiger partial charge in [0.2, 0.25) is 0 Å². The molecular formula is C11H20N4O2. The molecule has 0 aliphatic carbocycles.